The highest BCUT2D eigenvalue weighted by Gasteiger charge is 2.41. The van der Waals surface area contributed by atoms with E-state index in [0.29, 0.717) is 37.3 Å². The number of carboxylic acids is 1. The van der Waals surface area contributed by atoms with E-state index in [4.69, 9.17) is 4.74 Å². The van der Waals surface area contributed by atoms with Crippen LogP contribution in [0.4, 0.5) is 10.1 Å². The summed E-state index contributed by atoms with van der Waals surface area (Å²) in [7, 11) is 0. The number of carbonyl (C=O) groups excluding carboxylic acids is 1. The minimum absolute atomic E-state index is 0.144. The Balaban J connectivity index is 1.93. The van der Waals surface area contributed by atoms with Gasteiger partial charge >= 0.3 is 5.97 Å². The van der Waals surface area contributed by atoms with Crippen LogP contribution in [0.2, 0.25) is 0 Å². The van der Waals surface area contributed by atoms with Crippen LogP contribution in [0.3, 0.4) is 0 Å². The van der Waals surface area contributed by atoms with Gasteiger partial charge in [-0.25, -0.2) is 9.18 Å². The molecule has 2 aromatic rings. The van der Waals surface area contributed by atoms with Crippen molar-refractivity contribution in [1.29, 1.82) is 0 Å². The predicted molar refractivity (Wildman–Crippen MR) is 94.9 cm³/mol. The zero-order chi connectivity index (χ0) is 18.7. The summed E-state index contributed by atoms with van der Waals surface area (Å²) in [4.78, 5) is 24.4. The summed E-state index contributed by atoms with van der Waals surface area (Å²) in [6, 6.07) is 10.7. The third kappa shape index (κ3) is 3.46. The lowest BCUT2D eigenvalue weighted by atomic mass is 9.73. The van der Waals surface area contributed by atoms with Gasteiger partial charge in [-0.2, -0.15) is 0 Å². The maximum atomic E-state index is 13.3. The first-order valence-electron chi connectivity index (χ1n) is 8.41. The summed E-state index contributed by atoms with van der Waals surface area (Å²) in [6.45, 7) is 2.56. The highest BCUT2D eigenvalue weighted by atomic mass is 19.1. The molecule has 1 aliphatic heterocycles. The van der Waals surface area contributed by atoms with Crippen LogP contribution in [0.25, 0.3) is 0 Å². The molecule has 0 bridgehead atoms. The molecule has 6 heteroatoms. The molecule has 26 heavy (non-hydrogen) atoms. The van der Waals surface area contributed by atoms with Crippen LogP contribution in [-0.2, 0) is 14.9 Å². The van der Waals surface area contributed by atoms with Gasteiger partial charge in [0.1, 0.15) is 5.82 Å². The van der Waals surface area contributed by atoms with Crippen molar-refractivity contribution in [2.24, 2.45) is 0 Å². The van der Waals surface area contributed by atoms with Gasteiger partial charge in [0.25, 0.3) is 0 Å². The molecule has 1 saturated heterocycles. The van der Waals surface area contributed by atoms with Crippen LogP contribution < -0.4 is 5.32 Å². The number of aromatic carboxylic acids is 1. The lowest BCUT2D eigenvalue weighted by Gasteiger charge is -2.36. The van der Waals surface area contributed by atoms with Crippen molar-refractivity contribution in [1.82, 2.24) is 0 Å². The molecule has 1 heterocycles. The Morgan fingerprint density at radius 3 is 2.38 bits per heavy atom. The predicted octanol–water partition coefficient (Wildman–Crippen LogP) is 3.52. The first-order valence-corrected chi connectivity index (χ1v) is 8.41. The van der Waals surface area contributed by atoms with Crippen LogP contribution in [0.1, 0.15) is 34.3 Å². The highest BCUT2D eigenvalue weighted by molar-refractivity contribution is 6.00. The van der Waals surface area contributed by atoms with E-state index in [1.807, 2.05) is 0 Å². The van der Waals surface area contributed by atoms with Gasteiger partial charge < -0.3 is 15.2 Å². The normalized spacial score (nSPS) is 16.1. The Kier molecular flexibility index (Phi) is 5.04. The van der Waals surface area contributed by atoms with Crippen LogP contribution in [0.5, 0.6) is 0 Å². The Labute approximate surface area is 150 Å². The Morgan fingerprint density at radius 1 is 1.12 bits per heavy atom. The third-order valence-corrected chi connectivity index (χ3v) is 4.90. The van der Waals surface area contributed by atoms with Gasteiger partial charge in [-0.1, -0.05) is 18.2 Å². The van der Waals surface area contributed by atoms with Gasteiger partial charge in [0.05, 0.1) is 11.0 Å². The smallest absolute Gasteiger partial charge is 0.336 e. The average Bonchev–Trinajstić information content (AvgIpc) is 2.64. The number of aryl methyl sites for hydroxylation is 1. The lowest BCUT2D eigenvalue weighted by molar-refractivity contribution is -0.125. The molecule has 0 radical (unpaired) electrons. The summed E-state index contributed by atoms with van der Waals surface area (Å²) in [5, 5.41) is 12.1. The number of rotatable bonds is 4. The maximum absolute atomic E-state index is 13.3. The van der Waals surface area contributed by atoms with E-state index in [9.17, 15) is 19.1 Å². The van der Waals surface area contributed by atoms with Crippen molar-refractivity contribution in [3.05, 3.63) is 65.0 Å². The van der Waals surface area contributed by atoms with E-state index >= 15 is 0 Å². The molecule has 0 saturated carbocycles. The number of amides is 1. The van der Waals surface area contributed by atoms with Crippen LogP contribution in [0, 0.1) is 12.7 Å². The van der Waals surface area contributed by atoms with Crippen LogP contribution in [-0.4, -0.2) is 30.2 Å². The number of hydrogen-bond donors (Lipinski definition) is 2. The largest absolute Gasteiger partial charge is 0.478 e. The number of carbonyl (C=O) groups is 2. The summed E-state index contributed by atoms with van der Waals surface area (Å²) in [5.41, 5.74) is 1.08. The zero-order valence-corrected chi connectivity index (χ0v) is 14.4. The minimum Gasteiger partial charge on any atom is -0.478 e. The average molecular weight is 357 g/mol. The Bertz CT molecular complexity index is 826. The fourth-order valence-corrected chi connectivity index (χ4v) is 3.32. The van der Waals surface area contributed by atoms with E-state index in [0.717, 1.165) is 5.56 Å². The second kappa shape index (κ2) is 7.25. The number of anilines is 1. The quantitative estimate of drug-likeness (QED) is 0.878. The second-order valence-corrected chi connectivity index (χ2v) is 6.49. The van der Waals surface area contributed by atoms with Crippen molar-refractivity contribution in [2.75, 3.05) is 18.5 Å². The van der Waals surface area contributed by atoms with Crippen molar-refractivity contribution >= 4 is 17.6 Å². The molecule has 1 fully saturated rings. The summed E-state index contributed by atoms with van der Waals surface area (Å²) >= 11 is 0. The molecule has 2 aromatic carbocycles. The van der Waals surface area contributed by atoms with E-state index in [1.54, 1.807) is 31.2 Å². The maximum Gasteiger partial charge on any atom is 0.336 e. The molecule has 3 rings (SSSR count). The molecule has 0 aromatic heterocycles. The van der Waals surface area contributed by atoms with Gasteiger partial charge in [-0.3, -0.25) is 4.79 Å². The fourth-order valence-electron chi connectivity index (χ4n) is 3.32. The van der Waals surface area contributed by atoms with Crippen LogP contribution in [0.15, 0.2) is 42.5 Å². The van der Waals surface area contributed by atoms with E-state index < -0.39 is 11.4 Å². The monoisotopic (exact) mass is 357 g/mol. The van der Waals surface area contributed by atoms with Crippen molar-refractivity contribution in [3.63, 3.8) is 0 Å². The number of nitrogens with one attached hydrogen (secondary N) is 1. The molecule has 2 N–H and O–H groups in total. The summed E-state index contributed by atoms with van der Waals surface area (Å²) < 4.78 is 18.7. The second-order valence-electron chi connectivity index (χ2n) is 6.49. The molecule has 0 aliphatic carbocycles. The van der Waals surface area contributed by atoms with Gasteiger partial charge in [0, 0.05) is 18.9 Å². The van der Waals surface area contributed by atoms with Crippen LogP contribution >= 0.6 is 0 Å². The van der Waals surface area contributed by atoms with E-state index in [2.05, 4.69) is 5.32 Å². The SMILES string of the molecule is Cc1ccc(NC(=O)C2(c3ccc(F)cc3)CCOCC2)cc1C(=O)O. The zero-order valence-electron chi connectivity index (χ0n) is 14.4. The Morgan fingerprint density at radius 2 is 1.77 bits per heavy atom. The fraction of sp³-hybridized carbons (Fsp3) is 0.300. The lowest BCUT2D eigenvalue weighted by Crippen LogP contribution is -2.44. The van der Waals surface area contributed by atoms with E-state index in [-0.39, 0.29) is 17.3 Å². The van der Waals surface area contributed by atoms with Gasteiger partial charge in [0.15, 0.2) is 0 Å². The molecule has 5 nitrogen and oxygen atoms in total. The van der Waals surface area contributed by atoms with Gasteiger partial charge in [-0.05, 0) is 55.2 Å². The molecular formula is C20H20FNO4. The molecule has 0 unspecified atom stereocenters. The van der Waals surface area contributed by atoms with Crippen molar-refractivity contribution in [3.8, 4) is 0 Å². The molecule has 136 valence electrons. The molecule has 1 amide bonds. The first-order chi connectivity index (χ1) is 12.4. The van der Waals surface area contributed by atoms with Crippen molar-refractivity contribution in [2.45, 2.75) is 25.2 Å². The van der Waals surface area contributed by atoms with Crippen molar-refractivity contribution < 1.29 is 23.8 Å². The molecule has 0 atom stereocenters. The standard InChI is InChI=1S/C20H20FNO4/c1-13-2-7-16(12-17(13)18(23)24)22-19(25)20(8-10-26-11-9-20)14-3-5-15(21)6-4-14/h2-7,12H,8-11H2,1H3,(H,22,25)(H,23,24). The van der Waals surface area contributed by atoms with E-state index in [1.165, 1.54) is 18.2 Å². The number of carboxylic acid groups (broad SMARTS) is 1. The van der Waals surface area contributed by atoms with Gasteiger partial charge in [0.2, 0.25) is 5.91 Å². The molecule has 0 spiro atoms. The summed E-state index contributed by atoms with van der Waals surface area (Å²) in [6.07, 6.45) is 0.949. The summed E-state index contributed by atoms with van der Waals surface area (Å²) in [5.74, 6) is -1.65. The number of benzene rings is 2. The molecular weight excluding hydrogens is 337 g/mol. The highest BCUT2D eigenvalue weighted by Crippen LogP contribution is 2.36. The topological polar surface area (TPSA) is 75.6 Å². The third-order valence-electron chi connectivity index (χ3n) is 4.90. The first kappa shape index (κ1) is 18.1. The number of halogens is 1. The Hall–Kier alpha value is -2.73. The van der Waals surface area contributed by atoms with Gasteiger partial charge in [-0.15, -0.1) is 0 Å². The minimum atomic E-state index is -1.04. The number of ether oxygens (including phenoxy) is 1. The number of hydrogen-bond acceptors (Lipinski definition) is 3. The molecule has 1 aliphatic rings.